The minimum Gasteiger partial charge on any atom is -0.870 e. The van der Waals surface area contributed by atoms with Crippen molar-refractivity contribution in [3.63, 3.8) is 0 Å². The van der Waals surface area contributed by atoms with Crippen LogP contribution in [-0.4, -0.2) is 127 Å². The fraction of sp³-hybridized carbons (Fsp3) is 0.0367. The van der Waals surface area contributed by atoms with Crippen molar-refractivity contribution in [2.45, 2.75) is 0 Å². The third kappa shape index (κ3) is 28.8. The van der Waals surface area contributed by atoms with Gasteiger partial charge in [-0.3, -0.25) is 9.97 Å². The number of hydrogen-bond donors (Lipinski definition) is 5. The fourth-order valence-corrected chi connectivity index (χ4v) is 16.4. The van der Waals surface area contributed by atoms with Crippen LogP contribution in [0.4, 0.5) is 22.0 Å². The monoisotopic (exact) mass is 2230 g/mol. The van der Waals surface area contributed by atoms with Crippen molar-refractivity contribution in [2.75, 3.05) is 28.4 Å². The molecule has 7 aromatic heterocycles. The Balaban J connectivity index is 0.000000173. The summed E-state index contributed by atoms with van der Waals surface area (Å²) in [7, 11) is 8.28. The summed E-state index contributed by atoms with van der Waals surface area (Å²) in [5.74, 6) is -3.87. The van der Waals surface area contributed by atoms with E-state index in [-0.39, 0.29) is 100.0 Å². The third-order valence-corrected chi connectivity index (χ3v) is 24.0. The molecule has 0 saturated carbocycles. The number of rotatable bonds is 12. The molecule has 0 saturated heterocycles. The Labute approximate surface area is 899 Å². The van der Waals surface area contributed by atoms with Crippen molar-refractivity contribution in [2.24, 2.45) is 4.30 Å². The molecule has 0 amide bonds. The van der Waals surface area contributed by atoms with Gasteiger partial charge in [-0.2, -0.15) is 0 Å². The Hall–Kier alpha value is -13.9. The number of thiol groups is 1. The summed E-state index contributed by atoms with van der Waals surface area (Å²) < 4.78 is 95.9. The van der Waals surface area contributed by atoms with Crippen LogP contribution in [0.2, 0.25) is 15.1 Å². The number of carboxylic acid groups (broad SMARTS) is 1. The number of fused-ring (bicyclic) bond motifs is 8. The average Bonchev–Trinajstić information content (AvgIpc) is 1.61. The van der Waals surface area contributed by atoms with Crippen LogP contribution in [0, 0.1) is 32.7 Å². The number of hydrogen-bond acceptors (Lipinski definition) is 16. The molecule has 14 aromatic carbocycles. The Morgan fingerprint density at radius 3 is 1.14 bits per heavy atom. The molecule has 0 spiro atoms. The first kappa shape index (κ1) is 113. The van der Waals surface area contributed by atoms with Gasteiger partial charge in [0.2, 0.25) is 0 Å². The molecule has 21 rings (SSSR count). The molecule has 0 aliphatic carbocycles. The fourth-order valence-electron chi connectivity index (χ4n) is 14.8. The molecule has 21 nitrogen and oxygen atoms in total. The maximum absolute atomic E-state index is 13.4. The molecular weight excluding hydrogens is 2150 g/mol. The zero-order chi connectivity index (χ0) is 101. The van der Waals surface area contributed by atoms with E-state index in [1.54, 1.807) is 164 Å². The first-order valence-electron chi connectivity index (χ1n) is 42.6. The number of carbonyl (C=O) groups excluding carboxylic acids is 4. The van der Waals surface area contributed by atoms with Crippen molar-refractivity contribution in [3.8, 4) is 45.0 Å². The van der Waals surface area contributed by atoms with Gasteiger partial charge in [0, 0.05) is 149 Å². The number of esters is 4. The van der Waals surface area contributed by atoms with Crippen molar-refractivity contribution in [3.05, 3.63) is 457 Å². The third-order valence-electron chi connectivity index (χ3n) is 21.6. The Morgan fingerprint density at radius 2 is 0.745 bits per heavy atom. The predicted molar refractivity (Wildman–Crippen MR) is 576 cm³/mol. The van der Waals surface area contributed by atoms with Crippen molar-refractivity contribution < 1.29 is 115 Å². The summed E-state index contributed by atoms with van der Waals surface area (Å²) >= 11 is 27.2. The Morgan fingerprint density at radius 1 is 0.407 bits per heavy atom. The molecule has 0 aliphatic heterocycles. The normalized spacial score (nSPS) is 10.3. The van der Waals surface area contributed by atoms with E-state index >= 15 is 0 Å². The largest absolute Gasteiger partial charge is 1.00 e. The van der Waals surface area contributed by atoms with E-state index in [1.807, 2.05) is 146 Å². The molecule has 0 bridgehead atoms. The van der Waals surface area contributed by atoms with Crippen LogP contribution >= 0.6 is 98.5 Å². The van der Waals surface area contributed by atoms with Gasteiger partial charge in [0.25, 0.3) is 0 Å². The number of aromatic amines is 1. The minimum absolute atomic E-state index is 0. The van der Waals surface area contributed by atoms with Crippen molar-refractivity contribution in [1.82, 2.24) is 33.2 Å². The standard InChI is InChI=1S/C22H15ClFNO2.C21H13ClFNO2.C16H11BrFNO2.C16H12FNO2.C12H8N2.C10H9NO2.C6H6BClO2.C6H4FI.BHNS.ClH.Na.H2O/c1-27-22(26)14-6-11-18-19(17-4-2-3-5-20(17)23)13-25(21(18)12-14)16-9-7-15(24)8-10-16;22-19-4-2-1-3-16(19)18-12-24(15-8-6-14(23)7-9-15)20-11-13(21(25)26)5-10-17(18)20;1-21-16(20)10-2-7-13-14(17)9-19(15(13)8-10)12-5-3-11(18)4-6-12;1-20-16(19)12-3-2-11-8-9-18(15(11)10-12)14-6-4-13(17)5-7-14;1-3-9-5-6-10-4-2-8-14-12(10)11(9)13-7-1;1-13-10(12)8-3-2-7-4-5-11-9(7)6-8;8-6-4-2-1-3-5(6)7(9)10;7-5-1-3-6(8)4-2-5;1-2-3;;;/h2-13H,1H3;1-12H,(H,25,26);2-9H,1H3;2-10H,1H3;1-8H;2-6,11H,1H3;1-4,9-10H;1-4H;3H;1H;;1H2/q;;;;;;;;;;+1;/p-1. The number of methoxy groups -OCH3 is 4. The van der Waals surface area contributed by atoms with Gasteiger partial charge in [0.1, 0.15) is 29.1 Å². The number of ether oxygens (including phenoxy) is 4. The molecule has 5 N–H and O–H groups in total. The summed E-state index contributed by atoms with van der Waals surface area (Å²) in [6.07, 6.45) is 13.1. The van der Waals surface area contributed by atoms with Crippen molar-refractivity contribution >= 4 is 225 Å². The van der Waals surface area contributed by atoms with E-state index in [9.17, 15) is 51.0 Å². The Bertz CT molecular complexity index is 8030. The molecule has 145 heavy (non-hydrogen) atoms. The van der Waals surface area contributed by atoms with Gasteiger partial charge in [-0.05, 0) is 274 Å². The van der Waals surface area contributed by atoms with Crippen LogP contribution < -0.4 is 35.0 Å². The van der Waals surface area contributed by atoms with Crippen LogP contribution in [0.25, 0.3) is 121 Å². The van der Waals surface area contributed by atoms with Gasteiger partial charge in [-0.25, -0.2) is 45.9 Å². The van der Waals surface area contributed by atoms with Gasteiger partial charge in [0.15, 0.2) is 0 Å². The van der Waals surface area contributed by atoms with E-state index in [1.165, 1.54) is 89.1 Å². The first-order valence-corrected chi connectivity index (χ1v) is 46.0. The Kier molecular flexibility index (Phi) is 42.3. The number of nitrogens with one attached hydrogen (secondary N) is 1. The number of halogens is 11. The smallest absolute Gasteiger partial charge is 0.870 e. The average molecular weight is 2230 g/mol. The number of benzene rings is 14. The molecule has 0 aliphatic rings. The second-order valence-electron chi connectivity index (χ2n) is 30.4. The maximum atomic E-state index is 13.4. The predicted octanol–water partition coefficient (Wildman–Crippen LogP) is 24.2. The van der Waals surface area contributed by atoms with Gasteiger partial charge in [-0.1, -0.05) is 144 Å². The van der Waals surface area contributed by atoms with E-state index in [0.29, 0.717) is 48.3 Å². The number of H-pyrrole nitrogens is 1. The number of pyridine rings is 2. The zero-order valence-corrected chi connectivity index (χ0v) is 86.9. The number of carbonyl (C=O) groups is 5. The number of aromatic nitrogens is 7. The van der Waals surface area contributed by atoms with E-state index in [2.05, 4.69) is 107 Å². The van der Waals surface area contributed by atoms with E-state index < -0.39 is 19.1 Å². The topological polar surface area (TPSA) is 287 Å². The summed E-state index contributed by atoms with van der Waals surface area (Å²) in [4.78, 5) is 69.5. The summed E-state index contributed by atoms with van der Waals surface area (Å²) in [5.41, 5.74) is 15.3. The van der Waals surface area contributed by atoms with Gasteiger partial charge in [-0.15, -0.1) is 12.4 Å². The van der Waals surface area contributed by atoms with Crippen LogP contribution in [0.15, 0.2) is 386 Å². The molecule has 0 fully saturated rings. The maximum Gasteiger partial charge on any atom is 1.00 e. The summed E-state index contributed by atoms with van der Waals surface area (Å²) in [6.45, 7) is 0. The zero-order valence-electron chi connectivity index (χ0n) is 77.2. The van der Waals surface area contributed by atoms with E-state index in [0.717, 1.165) is 124 Å². The molecule has 7 heterocycles. The summed E-state index contributed by atoms with van der Waals surface area (Å²) in [6, 6.07) is 95.1. The molecule has 1 radical (unpaired) electrons. The molecule has 0 unspecified atom stereocenters. The quantitative estimate of drug-likeness (QED) is 0.0145. The second-order valence-corrected chi connectivity index (χ2v) is 34.0. The number of nitrogens with zero attached hydrogens (tertiary/aromatic N) is 7. The molecule has 0 atom stereocenters. The van der Waals surface area contributed by atoms with Gasteiger partial charge < -0.3 is 62.8 Å². The number of aromatic carboxylic acids is 1. The molecule has 725 valence electrons. The minimum atomic E-state index is -1.48. The van der Waals surface area contributed by atoms with Crippen LogP contribution in [0.1, 0.15) is 51.8 Å². The van der Waals surface area contributed by atoms with Crippen LogP contribution in [-0.2, 0) is 18.9 Å². The van der Waals surface area contributed by atoms with E-state index in [4.69, 9.17) is 59.1 Å². The van der Waals surface area contributed by atoms with Crippen molar-refractivity contribution in [1.29, 1.82) is 0 Å². The van der Waals surface area contributed by atoms with Crippen LogP contribution in [0.3, 0.4) is 0 Å². The molecule has 36 heteroatoms. The molecular formula is C109H81B2BrCl4F5IN8NaO13S. The number of carboxylic acids is 1. The second kappa shape index (κ2) is 54.2. The van der Waals surface area contributed by atoms with Gasteiger partial charge in [0.05, 0.1) is 89.4 Å². The van der Waals surface area contributed by atoms with Gasteiger partial charge >= 0.3 is 91.3 Å². The summed E-state index contributed by atoms with van der Waals surface area (Å²) in [5, 5.41) is 35.4. The van der Waals surface area contributed by atoms with Crippen LogP contribution in [0.5, 0.6) is 0 Å². The first-order chi connectivity index (χ1) is 68.6. The molecule has 21 aromatic rings. The SMILES string of the molecule is COC(=O)c1ccc2c(-c3ccccc3Cl)cn(-c3ccc(F)cc3)c2c1.COC(=O)c1ccc2c(Br)cn(-c3ccc(F)cc3)c2c1.COC(=O)c1ccc2cc[nH]c2c1.COC(=O)c1ccc2ccn(-c3ccc(F)cc3)c2c1.Cl.Fc1ccc(I)cc1.O=C(O)c1ccc2c(-c3ccccc3Cl)cn(-c3ccc(F)cc3)c2c1.OB(O)c1ccccc1Cl.[B]=NS.[Na+].[OH-].c1cnc2c(c1)ccc1cccnc12.